The fraction of sp³-hybridized carbons (Fsp3) is 1.00. The fourth-order valence-corrected chi connectivity index (χ4v) is 0. The summed E-state index contributed by atoms with van der Waals surface area (Å²) in [6, 6.07) is 0. The summed E-state index contributed by atoms with van der Waals surface area (Å²) in [4.78, 5) is 0. The van der Waals surface area contributed by atoms with Gasteiger partial charge in [-0.15, -0.1) is 0 Å². The molecule has 0 heterocycles. The van der Waals surface area contributed by atoms with Crippen LogP contribution in [0.1, 0.15) is 0 Å². The number of nitrogens with two attached hydrogens (primary N) is 1. The van der Waals surface area contributed by atoms with Crippen LogP contribution in [0.5, 0.6) is 0 Å². The van der Waals surface area contributed by atoms with Crippen LogP contribution in [0.2, 0.25) is 0 Å². The van der Waals surface area contributed by atoms with Gasteiger partial charge in [0.1, 0.15) is 0 Å². The Bertz CT molecular complexity index is 106. The van der Waals surface area contributed by atoms with Gasteiger partial charge in [0.15, 0.2) is 0 Å². The molecule has 8 heavy (non-hydrogen) atoms. The number of aliphatic hydroxyl groups is 1. The second kappa shape index (κ2) is 4.94. The van der Waals surface area contributed by atoms with Crippen molar-refractivity contribution in [2.75, 3.05) is 6.73 Å². The van der Waals surface area contributed by atoms with Crippen molar-refractivity contribution >= 4 is 10.4 Å². The first-order chi connectivity index (χ1) is 3.41. The maximum Gasteiger partial charge on any atom is 0.394 e. The third-order valence-corrected chi connectivity index (χ3v) is 0. The molecule has 0 atom stereocenters. The van der Waals surface area contributed by atoms with Gasteiger partial charge in [0, 0.05) is 0 Å². The van der Waals surface area contributed by atoms with Crippen molar-refractivity contribution < 1.29 is 22.6 Å². The first kappa shape index (κ1) is 10.7. The van der Waals surface area contributed by atoms with Gasteiger partial charge in [0.25, 0.3) is 0 Å². The molecule has 0 aromatic rings. The van der Waals surface area contributed by atoms with E-state index in [1.165, 1.54) is 0 Å². The van der Waals surface area contributed by atoms with E-state index >= 15 is 0 Å². The van der Waals surface area contributed by atoms with E-state index in [1.54, 1.807) is 0 Å². The minimum absolute atomic E-state index is 0.250. The van der Waals surface area contributed by atoms with E-state index in [0.29, 0.717) is 0 Å². The van der Waals surface area contributed by atoms with Crippen LogP contribution in [0.4, 0.5) is 0 Å². The Morgan fingerprint density at radius 1 is 1.38 bits per heavy atom. The van der Waals surface area contributed by atoms with E-state index in [4.69, 9.17) is 22.6 Å². The summed E-state index contributed by atoms with van der Waals surface area (Å²) in [7, 11) is -4.67. The average molecular weight is 145 g/mol. The number of hydrogen-bond donors (Lipinski definition) is 4. The number of rotatable bonds is 0. The molecule has 5 N–H and O–H groups in total. The minimum atomic E-state index is -4.67. The van der Waals surface area contributed by atoms with Crippen molar-refractivity contribution in [3.05, 3.63) is 0 Å². The second-order valence-electron chi connectivity index (χ2n) is 0.630. The quantitative estimate of drug-likeness (QED) is 0.237. The van der Waals surface area contributed by atoms with Crippen molar-refractivity contribution in [2.45, 2.75) is 0 Å². The monoisotopic (exact) mass is 145 g/mol. The first-order valence-electron chi connectivity index (χ1n) is 1.42. The molecule has 0 fully saturated rings. The smallest absolute Gasteiger partial charge is 0.382 e. The molecule has 0 aliphatic rings. The number of aliphatic hydroxyl groups excluding tert-OH is 1. The molecule has 0 aromatic carbocycles. The average Bonchev–Trinajstić information content (AvgIpc) is 1.27. The van der Waals surface area contributed by atoms with Crippen LogP contribution in [0, 0.1) is 0 Å². The molecular formula is CH7NO5S. The summed E-state index contributed by atoms with van der Waals surface area (Å²) in [5.74, 6) is 0. The van der Waals surface area contributed by atoms with E-state index in [1.807, 2.05) is 0 Å². The van der Waals surface area contributed by atoms with Crippen molar-refractivity contribution in [2.24, 2.45) is 5.73 Å². The molecule has 52 valence electrons. The molecule has 0 aliphatic heterocycles. The highest BCUT2D eigenvalue weighted by Crippen LogP contribution is 1.59. The lowest BCUT2D eigenvalue weighted by Crippen LogP contribution is -1.92. The van der Waals surface area contributed by atoms with E-state index in [2.05, 4.69) is 5.73 Å². The maximum atomic E-state index is 8.74. The van der Waals surface area contributed by atoms with Crippen LogP contribution in [0.25, 0.3) is 0 Å². The zero-order valence-electron chi connectivity index (χ0n) is 3.85. The highest BCUT2D eigenvalue weighted by Gasteiger charge is 1.84. The Balaban J connectivity index is 0. The zero-order valence-corrected chi connectivity index (χ0v) is 4.67. The molecule has 0 unspecified atom stereocenters. The highest BCUT2D eigenvalue weighted by molar-refractivity contribution is 7.79. The van der Waals surface area contributed by atoms with Crippen LogP contribution in [-0.2, 0) is 10.4 Å². The molecule has 6 nitrogen and oxygen atoms in total. The summed E-state index contributed by atoms with van der Waals surface area (Å²) in [6.45, 7) is -0.250. The molecule has 0 aliphatic carbocycles. The Hall–Kier alpha value is -0.210. The summed E-state index contributed by atoms with van der Waals surface area (Å²) in [5.41, 5.74) is 4.40. The van der Waals surface area contributed by atoms with Gasteiger partial charge in [-0.05, 0) is 0 Å². The van der Waals surface area contributed by atoms with Gasteiger partial charge in [-0.1, -0.05) is 0 Å². The summed E-state index contributed by atoms with van der Waals surface area (Å²) in [5, 5.41) is 7.35. The van der Waals surface area contributed by atoms with Gasteiger partial charge in [0.05, 0.1) is 6.73 Å². The van der Waals surface area contributed by atoms with Gasteiger partial charge in [-0.2, -0.15) is 8.42 Å². The molecular weight excluding hydrogens is 138 g/mol. The van der Waals surface area contributed by atoms with Crippen molar-refractivity contribution in [1.29, 1.82) is 0 Å². The number of hydrogen-bond acceptors (Lipinski definition) is 4. The first-order valence-corrected chi connectivity index (χ1v) is 2.82. The predicted octanol–water partition coefficient (Wildman–Crippen LogP) is -1.76. The van der Waals surface area contributed by atoms with Crippen LogP contribution >= 0.6 is 0 Å². The van der Waals surface area contributed by atoms with Crippen molar-refractivity contribution in [3.63, 3.8) is 0 Å². The molecule has 0 bridgehead atoms. The maximum absolute atomic E-state index is 8.74. The van der Waals surface area contributed by atoms with E-state index in [-0.39, 0.29) is 6.73 Å². The van der Waals surface area contributed by atoms with Gasteiger partial charge in [-0.25, -0.2) is 0 Å². The summed E-state index contributed by atoms with van der Waals surface area (Å²) in [6.07, 6.45) is 0. The topological polar surface area (TPSA) is 121 Å². The summed E-state index contributed by atoms with van der Waals surface area (Å²) < 4.78 is 31.6. The lowest BCUT2D eigenvalue weighted by molar-refractivity contribution is 0.307. The van der Waals surface area contributed by atoms with E-state index in [9.17, 15) is 0 Å². The van der Waals surface area contributed by atoms with Gasteiger partial charge in [0.2, 0.25) is 0 Å². The standard InChI is InChI=1S/CH5NO.H2O4S/c2-1-3;1-5(2,3)4/h3H,1-2H2;(H2,1,2,3,4). The second-order valence-corrected chi connectivity index (χ2v) is 1.53. The predicted molar refractivity (Wildman–Crippen MR) is 25.5 cm³/mol. The molecule has 0 spiro atoms. The van der Waals surface area contributed by atoms with Crippen LogP contribution in [0.3, 0.4) is 0 Å². The van der Waals surface area contributed by atoms with Crippen LogP contribution in [0.15, 0.2) is 0 Å². The van der Waals surface area contributed by atoms with E-state index < -0.39 is 10.4 Å². The summed E-state index contributed by atoms with van der Waals surface area (Å²) >= 11 is 0. The fourth-order valence-electron chi connectivity index (χ4n) is 0. The molecule has 7 heteroatoms. The minimum Gasteiger partial charge on any atom is -0.382 e. The lowest BCUT2D eigenvalue weighted by Gasteiger charge is -1.68. The van der Waals surface area contributed by atoms with Gasteiger partial charge in [-0.3, -0.25) is 9.11 Å². The van der Waals surface area contributed by atoms with E-state index in [0.717, 1.165) is 0 Å². The highest BCUT2D eigenvalue weighted by atomic mass is 32.3. The molecule has 0 aromatic heterocycles. The van der Waals surface area contributed by atoms with Crippen molar-refractivity contribution in [1.82, 2.24) is 0 Å². The normalized spacial score (nSPS) is 9.50. The molecule has 0 saturated carbocycles. The third-order valence-electron chi connectivity index (χ3n) is 0. The van der Waals surface area contributed by atoms with Gasteiger partial charge >= 0.3 is 10.4 Å². The Kier molecular flexibility index (Phi) is 6.61. The Morgan fingerprint density at radius 2 is 1.38 bits per heavy atom. The largest absolute Gasteiger partial charge is 0.394 e. The third kappa shape index (κ3) is 3010. The van der Waals surface area contributed by atoms with Crippen LogP contribution < -0.4 is 5.73 Å². The SMILES string of the molecule is NCO.O=S(=O)(O)O. The zero-order chi connectivity index (χ0) is 7.21. The molecule has 0 rings (SSSR count). The Morgan fingerprint density at radius 3 is 1.38 bits per heavy atom. The van der Waals surface area contributed by atoms with Crippen LogP contribution in [-0.4, -0.2) is 29.4 Å². The Labute approximate surface area is 46.5 Å². The molecule has 0 amide bonds. The van der Waals surface area contributed by atoms with Crippen molar-refractivity contribution in [3.8, 4) is 0 Å². The lowest BCUT2D eigenvalue weighted by atomic mass is 11.4. The molecule has 0 radical (unpaired) electrons. The molecule has 0 saturated heterocycles. The van der Waals surface area contributed by atoms with Gasteiger partial charge < -0.3 is 10.8 Å².